The predicted molar refractivity (Wildman–Crippen MR) is 92.0 cm³/mol. The highest BCUT2D eigenvalue weighted by atomic mass is 19.3. The van der Waals surface area contributed by atoms with Crippen LogP contribution < -0.4 is 10.1 Å². The third-order valence-electron chi connectivity index (χ3n) is 3.59. The van der Waals surface area contributed by atoms with E-state index in [1.807, 2.05) is 0 Å². The minimum atomic E-state index is -3.04. The Bertz CT molecular complexity index is 798. The van der Waals surface area contributed by atoms with E-state index in [0.717, 1.165) is 0 Å². The Hall–Kier alpha value is -3.03. The smallest absolute Gasteiger partial charge is 0.387 e. The van der Waals surface area contributed by atoms with E-state index in [1.165, 1.54) is 37.3 Å². The Morgan fingerprint density at radius 3 is 2.44 bits per heavy atom. The fourth-order valence-corrected chi connectivity index (χ4v) is 2.25. The maximum Gasteiger partial charge on any atom is 0.387 e. The maximum atomic E-state index is 13.5. The van der Waals surface area contributed by atoms with E-state index >= 15 is 0 Å². The van der Waals surface area contributed by atoms with Crippen LogP contribution in [0.4, 0.5) is 18.9 Å². The Morgan fingerprint density at radius 1 is 1.07 bits per heavy atom. The second-order valence-electron chi connectivity index (χ2n) is 5.59. The number of anilines is 1. The van der Waals surface area contributed by atoms with Crippen molar-refractivity contribution in [2.45, 2.75) is 32.5 Å². The van der Waals surface area contributed by atoms with Crippen LogP contribution in [0.15, 0.2) is 48.5 Å². The highest BCUT2D eigenvalue weighted by Gasteiger charge is 2.20. The molecular weight excluding hydrogens is 363 g/mol. The van der Waals surface area contributed by atoms with Gasteiger partial charge in [0.1, 0.15) is 11.6 Å². The summed E-state index contributed by atoms with van der Waals surface area (Å²) in [5.74, 6) is -2.02. The molecule has 0 aliphatic heterocycles. The van der Waals surface area contributed by atoms with E-state index in [1.54, 1.807) is 18.2 Å². The van der Waals surface area contributed by atoms with Crippen LogP contribution in [0.25, 0.3) is 0 Å². The standard InChI is InChI=1S/C19H18F3NO4/c1-12(26-17(24)11-10-13-6-2-3-7-14(13)20)18(25)23-15-8-4-5-9-16(15)27-19(21)22/h2-9,12,19H,10-11H2,1H3,(H,23,25)/t12-/m0/s1. The molecule has 0 aliphatic carbocycles. The molecule has 0 aromatic heterocycles. The Morgan fingerprint density at radius 2 is 1.74 bits per heavy atom. The van der Waals surface area contributed by atoms with Gasteiger partial charge in [0.15, 0.2) is 6.10 Å². The number of ether oxygens (including phenoxy) is 2. The van der Waals surface area contributed by atoms with Crippen LogP contribution in [0.3, 0.4) is 0 Å². The third kappa shape index (κ3) is 6.32. The summed E-state index contributed by atoms with van der Waals surface area (Å²) in [6, 6.07) is 11.7. The number of alkyl halides is 2. The molecule has 8 heteroatoms. The van der Waals surface area contributed by atoms with Gasteiger partial charge < -0.3 is 14.8 Å². The number of hydrogen-bond donors (Lipinski definition) is 1. The van der Waals surface area contributed by atoms with Crippen molar-refractivity contribution in [2.75, 3.05) is 5.32 Å². The minimum absolute atomic E-state index is 0.0251. The van der Waals surface area contributed by atoms with Gasteiger partial charge in [-0.05, 0) is 37.1 Å². The SMILES string of the molecule is C[C@H](OC(=O)CCc1ccccc1F)C(=O)Nc1ccccc1OC(F)F. The average molecular weight is 381 g/mol. The fourth-order valence-electron chi connectivity index (χ4n) is 2.25. The quantitative estimate of drug-likeness (QED) is 0.704. The van der Waals surface area contributed by atoms with Crippen LogP contribution in [0.1, 0.15) is 18.9 Å². The van der Waals surface area contributed by atoms with Gasteiger partial charge in [0.05, 0.1) is 5.69 Å². The summed E-state index contributed by atoms with van der Waals surface area (Å²) in [7, 11) is 0. The van der Waals surface area contributed by atoms with Crippen molar-refractivity contribution in [3.63, 3.8) is 0 Å². The molecule has 0 fully saturated rings. The molecule has 0 unspecified atom stereocenters. The van der Waals surface area contributed by atoms with Crippen LogP contribution in [0.5, 0.6) is 5.75 Å². The van der Waals surface area contributed by atoms with Gasteiger partial charge >= 0.3 is 12.6 Å². The van der Waals surface area contributed by atoms with Crippen molar-refractivity contribution in [3.8, 4) is 5.75 Å². The summed E-state index contributed by atoms with van der Waals surface area (Å²) in [6.45, 7) is -1.70. The Balaban J connectivity index is 1.88. The molecule has 1 N–H and O–H groups in total. The van der Waals surface area contributed by atoms with Crippen LogP contribution in [-0.4, -0.2) is 24.6 Å². The molecule has 0 bridgehead atoms. The zero-order valence-electron chi connectivity index (χ0n) is 14.5. The molecule has 0 saturated heterocycles. The first kappa shape index (κ1) is 20.3. The lowest BCUT2D eigenvalue weighted by Crippen LogP contribution is -2.30. The van der Waals surface area contributed by atoms with Crippen molar-refractivity contribution in [1.29, 1.82) is 0 Å². The zero-order valence-corrected chi connectivity index (χ0v) is 14.5. The highest BCUT2D eigenvalue weighted by Crippen LogP contribution is 2.25. The number of carbonyl (C=O) groups excluding carboxylic acids is 2. The molecule has 144 valence electrons. The van der Waals surface area contributed by atoms with E-state index < -0.39 is 30.4 Å². The molecule has 27 heavy (non-hydrogen) atoms. The van der Waals surface area contributed by atoms with Crippen LogP contribution >= 0.6 is 0 Å². The predicted octanol–water partition coefficient (Wildman–Crippen LogP) is 3.93. The summed E-state index contributed by atoms with van der Waals surface area (Å²) >= 11 is 0. The Kier molecular flexibility index (Phi) is 7.22. The van der Waals surface area contributed by atoms with Gasteiger partial charge in [-0.3, -0.25) is 9.59 Å². The molecule has 0 heterocycles. The molecule has 2 aromatic carbocycles. The zero-order chi connectivity index (χ0) is 19.8. The van der Waals surface area contributed by atoms with Crippen molar-refractivity contribution < 1.29 is 32.2 Å². The van der Waals surface area contributed by atoms with Crippen LogP contribution in [-0.2, 0) is 20.7 Å². The second-order valence-corrected chi connectivity index (χ2v) is 5.59. The number of amides is 1. The van der Waals surface area contributed by atoms with Crippen molar-refractivity contribution in [1.82, 2.24) is 0 Å². The van der Waals surface area contributed by atoms with Gasteiger partial charge in [0, 0.05) is 6.42 Å². The number of nitrogens with one attached hydrogen (secondary N) is 1. The van der Waals surface area contributed by atoms with Gasteiger partial charge in [-0.1, -0.05) is 30.3 Å². The molecule has 1 atom stereocenters. The molecule has 0 saturated carbocycles. The molecule has 5 nitrogen and oxygen atoms in total. The fraction of sp³-hybridized carbons (Fsp3) is 0.263. The summed E-state index contributed by atoms with van der Waals surface area (Å²) in [4.78, 5) is 24.0. The monoisotopic (exact) mass is 381 g/mol. The van der Waals surface area contributed by atoms with Crippen molar-refractivity contribution in [2.24, 2.45) is 0 Å². The topological polar surface area (TPSA) is 64.6 Å². The number of esters is 1. The summed E-state index contributed by atoms with van der Waals surface area (Å²) in [5, 5.41) is 2.37. The summed E-state index contributed by atoms with van der Waals surface area (Å²) in [5.41, 5.74) is 0.390. The van der Waals surface area contributed by atoms with Gasteiger partial charge in [-0.25, -0.2) is 4.39 Å². The highest BCUT2D eigenvalue weighted by molar-refractivity contribution is 5.96. The second kappa shape index (κ2) is 9.61. The largest absolute Gasteiger partial charge is 0.453 e. The number of halogens is 3. The van der Waals surface area contributed by atoms with E-state index in [9.17, 15) is 22.8 Å². The van der Waals surface area contributed by atoms with E-state index in [4.69, 9.17) is 4.74 Å². The molecule has 2 aromatic rings. The van der Waals surface area contributed by atoms with Crippen LogP contribution in [0.2, 0.25) is 0 Å². The third-order valence-corrected chi connectivity index (χ3v) is 3.59. The van der Waals surface area contributed by atoms with E-state index in [0.29, 0.717) is 5.56 Å². The number of benzene rings is 2. The van der Waals surface area contributed by atoms with Gasteiger partial charge in [-0.15, -0.1) is 0 Å². The first-order valence-electron chi connectivity index (χ1n) is 8.14. The first-order chi connectivity index (χ1) is 12.9. The van der Waals surface area contributed by atoms with E-state index in [-0.39, 0.29) is 24.3 Å². The normalized spacial score (nSPS) is 11.7. The molecule has 1 amide bonds. The van der Waals surface area contributed by atoms with Crippen LogP contribution in [0, 0.1) is 5.82 Å². The molecule has 2 rings (SSSR count). The molecule has 0 radical (unpaired) electrons. The lowest BCUT2D eigenvalue weighted by Gasteiger charge is -2.15. The Labute approximate surface area is 154 Å². The van der Waals surface area contributed by atoms with Crippen molar-refractivity contribution >= 4 is 17.6 Å². The number of carbonyl (C=O) groups is 2. The van der Waals surface area contributed by atoms with Crippen molar-refractivity contribution in [3.05, 3.63) is 59.9 Å². The maximum absolute atomic E-state index is 13.5. The van der Waals surface area contributed by atoms with Gasteiger partial charge in [0.25, 0.3) is 5.91 Å². The number of hydrogen-bond acceptors (Lipinski definition) is 4. The number of para-hydroxylation sites is 2. The first-order valence-corrected chi connectivity index (χ1v) is 8.14. The van der Waals surface area contributed by atoms with Gasteiger partial charge in [0.2, 0.25) is 0 Å². The molecular formula is C19H18F3NO4. The minimum Gasteiger partial charge on any atom is -0.453 e. The van der Waals surface area contributed by atoms with E-state index in [2.05, 4.69) is 10.1 Å². The number of aryl methyl sites for hydroxylation is 1. The summed E-state index contributed by atoms with van der Waals surface area (Å²) < 4.78 is 47.6. The summed E-state index contributed by atoms with van der Waals surface area (Å²) in [6.07, 6.45) is -1.15. The lowest BCUT2D eigenvalue weighted by molar-refractivity contribution is -0.153. The number of rotatable bonds is 8. The molecule has 0 aliphatic rings. The lowest BCUT2D eigenvalue weighted by atomic mass is 10.1. The average Bonchev–Trinajstić information content (AvgIpc) is 2.62. The molecule has 0 spiro atoms. The van der Waals surface area contributed by atoms with Gasteiger partial charge in [-0.2, -0.15) is 8.78 Å².